The third-order valence-corrected chi connectivity index (χ3v) is 2.40. The quantitative estimate of drug-likeness (QED) is 0.910. The molecule has 1 N–H and O–H groups in total. The molecule has 0 saturated heterocycles. The summed E-state index contributed by atoms with van der Waals surface area (Å²) >= 11 is 5.53. The summed E-state index contributed by atoms with van der Waals surface area (Å²) in [7, 11) is 0. The van der Waals surface area contributed by atoms with E-state index in [4.69, 9.17) is 11.6 Å². The van der Waals surface area contributed by atoms with Crippen LogP contribution in [0.2, 0.25) is 5.22 Å². The fourth-order valence-electron chi connectivity index (χ4n) is 1.30. The lowest BCUT2D eigenvalue weighted by Gasteiger charge is -2.06. The minimum atomic E-state index is -1.22. The summed E-state index contributed by atoms with van der Waals surface area (Å²) in [4.78, 5) is 11.6. The molecule has 2 aromatic rings. The molecule has 1 aromatic carbocycles. The van der Waals surface area contributed by atoms with Gasteiger partial charge in [-0.3, -0.25) is 4.79 Å². The second kappa shape index (κ2) is 4.73. The van der Waals surface area contributed by atoms with Crippen molar-refractivity contribution in [3.8, 4) is 0 Å². The van der Waals surface area contributed by atoms with Crippen LogP contribution >= 0.6 is 11.6 Å². The van der Waals surface area contributed by atoms with Crippen molar-refractivity contribution in [3.05, 3.63) is 52.7 Å². The van der Waals surface area contributed by atoms with E-state index >= 15 is 0 Å². The largest absolute Gasteiger partial charge is 0.452 e. The number of hydrogen-bond acceptors (Lipinski definition) is 2. The van der Waals surface area contributed by atoms with Gasteiger partial charge >= 0.3 is 0 Å². The maximum absolute atomic E-state index is 13.3. The summed E-state index contributed by atoms with van der Waals surface area (Å²) in [5.74, 6) is -4.39. The zero-order valence-corrected chi connectivity index (χ0v) is 9.39. The van der Waals surface area contributed by atoms with Gasteiger partial charge < -0.3 is 9.73 Å². The van der Waals surface area contributed by atoms with E-state index in [1.807, 2.05) is 5.32 Å². The molecule has 94 valence electrons. The van der Waals surface area contributed by atoms with Gasteiger partial charge in [0, 0.05) is 12.1 Å². The second-order valence-corrected chi connectivity index (χ2v) is 3.65. The van der Waals surface area contributed by atoms with Crippen molar-refractivity contribution in [1.29, 1.82) is 0 Å². The molecule has 0 atom stereocenters. The molecule has 0 aliphatic heterocycles. The number of nitrogens with one attached hydrogen (secondary N) is 1. The van der Waals surface area contributed by atoms with Gasteiger partial charge in [-0.25, -0.2) is 13.2 Å². The Hall–Kier alpha value is -1.95. The Kier molecular flexibility index (Phi) is 3.29. The summed E-state index contributed by atoms with van der Waals surface area (Å²) < 4.78 is 43.8. The molecule has 0 fully saturated rings. The number of carbonyl (C=O) groups is 1. The fourth-order valence-corrected chi connectivity index (χ4v) is 1.50. The Morgan fingerprint density at radius 3 is 2.33 bits per heavy atom. The van der Waals surface area contributed by atoms with Gasteiger partial charge in [0.2, 0.25) is 5.22 Å². The molecular weight excluding hydrogens is 271 g/mol. The maximum atomic E-state index is 13.3. The molecule has 0 aliphatic carbocycles. The molecule has 2 rings (SSSR count). The molecule has 0 saturated carbocycles. The molecule has 1 amide bonds. The molecule has 0 bridgehead atoms. The first-order valence-corrected chi connectivity index (χ1v) is 5.05. The highest BCUT2D eigenvalue weighted by molar-refractivity contribution is 6.32. The Balaban J connectivity index is 2.31. The Labute approximate surface area is 104 Å². The lowest BCUT2D eigenvalue weighted by atomic mass is 10.2. The van der Waals surface area contributed by atoms with Gasteiger partial charge in [-0.1, -0.05) is 0 Å². The van der Waals surface area contributed by atoms with Crippen LogP contribution < -0.4 is 5.32 Å². The van der Waals surface area contributed by atoms with Gasteiger partial charge in [0.1, 0.15) is 11.5 Å². The monoisotopic (exact) mass is 275 g/mol. The van der Waals surface area contributed by atoms with Crippen LogP contribution in [0, 0.1) is 17.5 Å². The van der Waals surface area contributed by atoms with Crippen molar-refractivity contribution in [2.24, 2.45) is 0 Å². The smallest absolute Gasteiger partial charge is 0.260 e. The number of amides is 1. The van der Waals surface area contributed by atoms with Gasteiger partial charge in [-0.05, 0) is 17.7 Å². The third-order valence-electron chi connectivity index (χ3n) is 2.11. The highest BCUT2D eigenvalue weighted by Gasteiger charge is 2.18. The summed E-state index contributed by atoms with van der Waals surface area (Å²) in [6.45, 7) is 0. The van der Waals surface area contributed by atoms with E-state index in [1.54, 1.807) is 0 Å². The van der Waals surface area contributed by atoms with Crippen LogP contribution in [0.15, 0.2) is 28.9 Å². The normalized spacial score (nSPS) is 10.4. The summed E-state index contributed by atoms with van der Waals surface area (Å²) in [6, 6.07) is 2.14. The zero-order valence-electron chi connectivity index (χ0n) is 8.64. The van der Waals surface area contributed by atoms with Gasteiger partial charge in [-0.2, -0.15) is 0 Å². The summed E-state index contributed by atoms with van der Waals surface area (Å²) in [6.07, 6.45) is 1.15. The minimum absolute atomic E-state index is 0.0835. The van der Waals surface area contributed by atoms with E-state index in [0.717, 1.165) is 6.26 Å². The first kappa shape index (κ1) is 12.5. The van der Waals surface area contributed by atoms with E-state index in [1.165, 1.54) is 6.07 Å². The van der Waals surface area contributed by atoms with E-state index < -0.39 is 29.0 Å². The van der Waals surface area contributed by atoms with Crippen LogP contribution in [0.1, 0.15) is 10.4 Å². The van der Waals surface area contributed by atoms with Crippen LogP contribution in [0.3, 0.4) is 0 Å². The van der Waals surface area contributed by atoms with Crippen LogP contribution in [-0.4, -0.2) is 5.91 Å². The molecular formula is C11H5ClF3NO2. The average Bonchev–Trinajstić information content (AvgIpc) is 2.69. The van der Waals surface area contributed by atoms with Gasteiger partial charge in [-0.15, -0.1) is 0 Å². The molecule has 0 unspecified atom stereocenters. The van der Waals surface area contributed by atoms with Gasteiger partial charge in [0.05, 0.1) is 11.8 Å². The van der Waals surface area contributed by atoms with Crippen LogP contribution in [0.5, 0.6) is 0 Å². The number of benzene rings is 1. The van der Waals surface area contributed by atoms with Crippen molar-refractivity contribution in [3.63, 3.8) is 0 Å². The average molecular weight is 276 g/mol. The molecule has 0 spiro atoms. The topological polar surface area (TPSA) is 42.2 Å². The second-order valence-electron chi connectivity index (χ2n) is 3.31. The number of anilines is 1. The van der Waals surface area contributed by atoms with E-state index in [9.17, 15) is 18.0 Å². The Morgan fingerprint density at radius 1 is 1.22 bits per heavy atom. The lowest BCUT2D eigenvalue weighted by Crippen LogP contribution is -2.14. The summed E-state index contributed by atoms with van der Waals surface area (Å²) in [5.41, 5.74) is -0.835. The Morgan fingerprint density at radius 2 is 1.83 bits per heavy atom. The fraction of sp³-hybridized carbons (Fsp3) is 0. The zero-order chi connectivity index (χ0) is 13.3. The van der Waals surface area contributed by atoms with Gasteiger partial charge in [0.25, 0.3) is 5.91 Å². The van der Waals surface area contributed by atoms with Crippen molar-refractivity contribution in [2.45, 2.75) is 0 Å². The summed E-state index contributed by atoms with van der Waals surface area (Å²) in [5, 5.41) is 1.74. The SMILES string of the molecule is O=C(Nc1c(F)cc(F)cc1F)c1ccoc1Cl. The molecule has 1 heterocycles. The van der Waals surface area contributed by atoms with Crippen molar-refractivity contribution < 1.29 is 22.4 Å². The molecule has 0 aliphatic rings. The predicted molar refractivity (Wildman–Crippen MR) is 58.0 cm³/mol. The van der Waals surface area contributed by atoms with Crippen molar-refractivity contribution in [1.82, 2.24) is 0 Å². The number of hydrogen-bond donors (Lipinski definition) is 1. The Bertz CT molecular complexity index is 589. The highest BCUT2D eigenvalue weighted by atomic mass is 35.5. The maximum Gasteiger partial charge on any atom is 0.260 e. The standard InChI is InChI=1S/C11H5ClF3NO2/c12-10-6(1-2-18-10)11(17)16-9-7(14)3-5(13)4-8(9)15/h1-4H,(H,16,17). The van der Waals surface area contributed by atoms with E-state index in [0.29, 0.717) is 12.1 Å². The minimum Gasteiger partial charge on any atom is -0.452 e. The molecule has 0 radical (unpaired) electrons. The van der Waals surface area contributed by atoms with Crippen LogP contribution in [-0.2, 0) is 0 Å². The highest BCUT2D eigenvalue weighted by Crippen LogP contribution is 2.23. The first-order valence-electron chi connectivity index (χ1n) is 4.68. The molecule has 3 nitrogen and oxygen atoms in total. The molecule has 1 aromatic heterocycles. The number of carbonyl (C=O) groups excluding carboxylic acids is 1. The van der Waals surface area contributed by atoms with Crippen LogP contribution in [0.4, 0.5) is 18.9 Å². The van der Waals surface area contributed by atoms with E-state index in [-0.39, 0.29) is 10.8 Å². The van der Waals surface area contributed by atoms with Crippen molar-refractivity contribution in [2.75, 3.05) is 5.32 Å². The van der Waals surface area contributed by atoms with E-state index in [2.05, 4.69) is 4.42 Å². The number of furan rings is 1. The molecule has 7 heteroatoms. The van der Waals surface area contributed by atoms with Crippen molar-refractivity contribution >= 4 is 23.2 Å². The van der Waals surface area contributed by atoms with Crippen LogP contribution in [0.25, 0.3) is 0 Å². The first-order chi connectivity index (χ1) is 8.49. The third kappa shape index (κ3) is 2.33. The number of rotatable bonds is 2. The molecule has 18 heavy (non-hydrogen) atoms. The lowest BCUT2D eigenvalue weighted by molar-refractivity contribution is 0.102. The number of halogens is 4. The predicted octanol–water partition coefficient (Wildman–Crippen LogP) is 3.60. The van der Waals surface area contributed by atoms with Gasteiger partial charge in [0.15, 0.2) is 11.6 Å².